The third kappa shape index (κ3) is 3.93. The number of halogens is 2. The van der Waals surface area contributed by atoms with Crippen molar-refractivity contribution in [1.82, 2.24) is 9.88 Å². The lowest BCUT2D eigenvalue weighted by Crippen LogP contribution is -2.41. The third-order valence-electron chi connectivity index (χ3n) is 4.74. The van der Waals surface area contributed by atoms with Gasteiger partial charge in [0.1, 0.15) is 5.82 Å². The van der Waals surface area contributed by atoms with Crippen LogP contribution in [0.25, 0.3) is 10.9 Å². The summed E-state index contributed by atoms with van der Waals surface area (Å²) in [7, 11) is 0. The van der Waals surface area contributed by atoms with Gasteiger partial charge in [-0.2, -0.15) is 0 Å². The first-order valence-electron chi connectivity index (χ1n) is 9.05. The summed E-state index contributed by atoms with van der Waals surface area (Å²) in [4.78, 5) is 19.3. The SMILES string of the molecule is O=C(c1cnc2ccc(Cl)cc2c1NCc1ccc(F)cc1)N1CCOCC1. The van der Waals surface area contributed by atoms with Crippen molar-refractivity contribution in [1.29, 1.82) is 0 Å². The number of carbonyl (C=O) groups excluding carboxylic acids is 1. The Morgan fingerprint density at radius 2 is 1.93 bits per heavy atom. The fraction of sp³-hybridized carbons (Fsp3) is 0.238. The van der Waals surface area contributed by atoms with Gasteiger partial charge in [-0.3, -0.25) is 9.78 Å². The van der Waals surface area contributed by atoms with Gasteiger partial charge in [0.2, 0.25) is 0 Å². The van der Waals surface area contributed by atoms with E-state index in [0.29, 0.717) is 49.1 Å². The molecule has 2 heterocycles. The van der Waals surface area contributed by atoms with Gasteiger partial charge in [-0.1, -0.05) is 23.7 Å². The van der Waals surface area contributed by atoms with E-state index in [1.807, 2.05) is 6.07 Å². The second kappa shape index (κ2) is 8.12. The molecule has 0 spiro atoms. The highest BCUT2D eigenvalue weighted by atomic mass is 35.5. The lowest BCUT2D eigenvalue weighted by molar-refractivity contribution is 0.0303. The molecule has 144 valence electrons. The Balaban J connectivity index is 1.72. The van der Waals surface area contributed by atoms with Crippen LogP contribution in [0.1, 0.15) is 15.9 Å². The molecule has 0 unspecified atom stereocenters. The number of hydrogen-bond acceptors (Lipinski definition) is 4. The van der Waals surface area contributed by atoms with Crippen LogP contribution in [0, 0.1) is 5.82 Å². The average Bonchev–Trinajstić information content (AvgIpc) is 2.73. The van der Waals surface area contributed by atoms with E-state index in [4.69, 9.17) is 16.3 Å². The molecule has 1 fully saturated rings. The van der Waals surface area contributed by atoms with Gasteiger partial charge in [0, 0.05) is 36.2 Å². The Bertz CT molecular complexity index is 1000. The molecule has 1 N–H and O–H groups in total. The first kappa shape index (κ1) is 18.7. The number of amides is 1. The number of fused-ring (bicyclic) bond motifs is 1. The van der Waals surface area contributed by atoms with Gasteiger partial charge in [-0.05, 0) is 35.9 Å². The standard InChI is InChI=1S/C21H19ClFN3O2/c22-15-3-6-19-17(11-15)20(25-12-14-1-4-16(23)5-2-14)18(13-24-19)21(27)26-7-9-28-10-8-26/h1-6,11,13H,7-10,12H2,(H,24,25). The molecule has 3 aromatic rings. The monoisotopic (exact) mass is 399 g/mol. The van der Waals surface area contributed by atoms with Gasteiger partial charge >= 0.3 is 0 Å². The van der Waals surface area contributed by atoms with Crippen molar-refractivity contribution < 1.29 is 13.9 Å². The maximum absolute atomic E-state index is 13.2. The van der Waals surface area contributed by atoms with E-state index >= 15 is 0 Å². The molecule has 0 bridgehead atoms. The van der Waals surface area contributed by atoms with Gasteiger partial charge in [-0.15, -0.1) is 0 Å². The number of nitrogens with one attached hydrogen (secondary N) is 1. The largest absolute Gasteiger partial charge is 0.380 e. The molecule has 1 aromatic heterocycles. The minimum absolute atomic E-state index is 0.0979. The summed E-state index contributed by atoms with van der Waals surface area (Å²) in [6, 6.07) is 11.6. The summed E-state index contributed by atoms with van der Waals surface area (Å²) in [6.07, 6.45) is 1.60. The van der Waals surface area contributed by atoms with Crippen LogP contribution < -0.4 is 5.32 Å². The Morgan fingerprint density at radius 1 is 1.18 bits per heavy atom. The van der Waals surface area contributed by atoms with Gasteiger partial charge in [0.15, 0.2) is 0 Å². The van der Waals surface area contributed by atoms with E-state index in [1.165, 1.54) is 12.1 Å². The second-order valence-corrected chi connectivity index (χ2v) is 7.03. The summed E-state index contributed by atoms with van der Waals surface area (Å²) >= 11 is 6.20. The van der Waals surface area contributed by atoms with Crippen LogP contribution in [0.2, 0.25) is 5.02 Å². The van der Waals surface area contributed by atoms with Crippen LogP contribution in [0.4, 0.5) is 10.1 Å². The van der Waals surface area contributed by atoms with Crippen LogP contribution in [-0.2, 0) is 11.3 Å². The van der Waals surface area contributed by atoms with Crippen molar-refractivity contribution in [2.45, 2.75) is 6.54 Å². The summed E-state index contributed by atoms with van der Waals surface area (Å²) in [5, 5.41) is 4.68. The summed E-state index contributed by atoms with van der Waals surface area (Å²) in [5.74, 6) is -0.382. The molecule has 28 heavy (non-hydrogen) atoms. The lowest BCUT2D eigenvalue weighted by atomic mass is 10.1. The first-order chi connectivity index (χ1) is 13.6. The van der Waals surface area contributed by atoms with Crippen LogP contribution in [0.15, 0.2) is 48.7 Å². The van der Waals surface area contributed by atoms with Crippen LogP contribution in [-0.4, -0.2) is 42.1 Å². The topological polar surface area (TPSA) is 54.5 Å². The Morgan fingerprint density at radius 3 is 2.68 bits per heavy atom. The van der Waals surface area contributed by atoms with E-state index in [2.05, 4.69) is 10.3 Å². The molecule has 1 amide bonds. The number of morpholine rings is 1. The molecule has 0 aliphatic carbocycles. The van der Waals surface area contributed by atoms with Crippen molar-refractivity contribution in [3.63, 3.8) is 0 Å². The molecular weight excluding hydrogens is 381 g/mol. The first-order valence-corrected chi connectivity index (χ1v) is 9.43. The fourth-order valence-electron chi connectivity index (χ4n) is 3.25. The lowest BCUT2D eigenvalue weighted by Gasteiger charge is -2.28. The Labute approximate surface area is 167 Å². The number of nitrogens with zero attached hydrogens (tertiary/aromatic N) is 2. The number of anilines is 1. The van der Waals surface area contributed by atoms with Crippen LogP contribution in [0.5, 0.6) is 0 Å². The molecule has 0 atom stereocenters. The highest BCUT2D eigenvalue weighted by molar-refractivity contribution is 6.31. The van der Waals surface area contributed by atoms with E-state index in [9.17, 15) is 9.18 Å². The van der Waals surface area contributed by atoms with Crippen molar-refractivity contribution in [3.05, 3.63) is 70.6 Å². The molecule has 7 heteroatoms. The summed E-state index contributed by atoms with van der Waals surface area (Å²) in [5.41, 5.74) is 2.80. The Hall–Kier alpha value is -2.70. The van der Waals surface area contributed by atoms with Crippen molar-refractivity contribution in [2.24, 2.45) is 0 Å². The van der Waals surface area contributed by atoms with Gasteiger partial charge in [0.05, 0.1) is 30.0 Å². The van der Waals surface area contributed by atoms with E-state index in [1.54, 1.807) is 35.4 Å². The number of carbonyl (C=O) groups is 1. The molecule has 5 nitrogen and oxygen atoms in total. The molecule has 4 rings (SSSR count). The molecule has 2 aromatic carbocycles. The number of aromatic nitrogens is 1. The smallest absolute Gasteiger partial charge is 0.257 e. The maximum Gasteiger partial charge on any atom is 0.257 e. The van der Waals surface area contributed by atoms with E-state index < -0.39 is 0 Å². The number of benzene rings is 2. The number of pyridine rings is 1. The molecule has 1 saturated heterocycles. The molecular formula is C21H19ClFN3O2. The number of rotatable bonds is 4. The minimum atomic E-state index is -0.284. The highest BCUT2D eigenvalue weighted by Crippen LogP contribution is 2.30. The zero-order valence-corrected chi connectivity index (χ0v) is 15.9. The molecule has 1 aliphatic heterocycles. The fourth-order valence-corrected chi connectivity index (χ4v) is 3.42. The predicted molar refractivity (Wildman–Crippen MR) is 107 cm³/mol. The van der Waals surface area contributed by atoms with Gasteiger partial charge in [-0.25, -0.2) is 4.39 Å². The van der Waals surface area contributed by atoms with Crippen molar-refractivity contribution in [2.75, 3.05) is 31.6 Å². The summed E-state index contributed by atoms with van der Waals surface area (Å²) < 4.78 is 18.5. The number of hydrogen-bond donors (Lipinski definition) is 1. The normalized spacial score (nSPS) is 14.3. The molecule has 0 saturated carbocycles. The molecule has 1 aliphatic rings. The van der Waals surface area contributed by atoms with E-state index in [-0.39, 0.29) is 11.7 Å². The van der Waals surface area contributed by atoms with Gasteiger partial charge in [0.25, 0.3) is 5.91 Å². The maximum atomic E-state index is 13.2. The van der Waals surface area contributed by atoms with Crippen LogP contribution in [0.3, 0.4) is 0 Å². The van der Waals surface area contributed by atoms with Crippen molar-refractivity contribution >= 4 is 34.1 Å². The van der Waals surface area contributed by atoms with E-state index in [0.717, 1.165) is 16.5 Å². The highest BCUT2D eigenvalue weighted by Gasteiger charge is 2.23. The molecule has 0 radical (unpaired) electrons. The summed E-state index contributed by atoms with van der Waals surface area (Å²) in [6.45, 7) is 2.58. The zero-order valence-electron chi connectivity index (χ0n) is 15.1. The Kier molecular flexibility index (Phi) is 5.41. The van der Waals surface area contributed by atoms with Crippen molar-refractivity contribution in [3.8, 4) is 0 Å². The van der Waals surface area contributed by atoms with Crippen LogP contribution >= 0.6 is 11.6 Å². The second-order valence-electron chi connectivity index (χ2n) is 6.59. The zero-order chi connectivity index (χ0) is 19.5. The van der Waals surface area contributed by atoms with Gasteiger partial charge < -0.3 is 15.0 Å². The predicted octanol–water partition coefficient (Wildman–Crippen LogP) is 4.11. The quantitative estimate of drug-likeness (QED) is 0.717. The average molecular weight is 400 g/mol. The minimum Gasteiger partial charge on any atom is -0.380 e. The third-order valence-corrected chi connectivity index (χ3v) is 4.98. The number of ether oxygens (including phenoxy) is 1.